The number of aliphatic carboxylic acids is 1. The summed E-state index contributed by atoms with van der Waals surface area (Å²) in [6.45, 7) is 0.829. The summed E-state index contributed by atoms with van der Waals surface area (Å²) in [4.78, 5) is 10.9. The predicted octanol–water partition coefficient (Wildman–Crippen LogP) is 2.34. The Morgan fingerprint density at radius 2 is 2.04 bits per heavy atom. The monoisotopic (exact) mass is 332 g/mol. The van der Waals surface area contributed by atoms with Crippen LogP contribution in [0.1, 0.15) is 31.2 Å². The number of carbonyl (C=O) groups is 1. The highest BCUT2D eigenvalue weighted by molar-refractivity contribution is 5.70. The number of carboxylic acids is 1. The van der Waals surface area contributed by atoms with Crippen LogP contribution in [0.3, 0.4) is 0 Å². The first-order chi connectivity index (χ1) is 11.6. The van der Waals surface area contributed by atoms with Crippen LogP contribution in [0.5, 0.6) is 0 Å². The SMILES string of the molecule is O=C(O)C1CCC(F)(CNCc2ccc(-n3ccnn3)cc2)CC1. The van der Waals surface area contributed by atoms with Crippen molar-refractivity contribution in [1.29, 1.82) is 0 Å². The van der Waals surface area contributed by atoms with Crippen molar-refractivity contribution in [2.75, 3.05) is 6.54 Å². The number of halogens is 1. The molecule has 1 aliphatic carbocycles. The van der Waals surface area contributed by atoms with Crippen LogP contribution in [0.25, 0.3) is 5.69 Å². The van der Waals surface area contributed by atoms with Crippen LogP contribution in [0.2, 0.25) is 0 Å². The topological polar surface area (TPSA) is 80.0 Å². The molecule has 128 valence electrons. The van der Waals surface area contributed by atoms with Gasteiger partial charge in [0.15, 0.2) is 0 Å². The Morgan fingerprint density at radius 1 is 1.33 bits per heavy atom. The van der Waals surface area contributed by atoms with E-state index in [1.807, 2.05) is 24.3 Å². The molecule has 0 bridgehead atoms. The van der Waals surface area contributed by atoms with Crippen molar-refractivity contribution in [2.45, 2.75) is 37.9 Å². The standard InChI is InChI=1S/C17H21FN4O2/c18-17(7-5-14(6-8-17)16(23)24)12-19-11-13-1-3-15(4-2-13)22-10-9-20-21-22/h1-4,9-10,14,19H,5-8,11-12H2,(H,23,24). The maximum absolute atomic E-state index is 14.7. The summed E-state index contributed by atoms with van der Waals surface area (Å²) >= 11 is 0. The number of hydrogen-bond acceptors (Lipinski definition) is 4. The van der Waals surface area contributed by atoms with Gasteiger partial charge in [-0.15, -0.1) is 5.10 Å². The van der Waals surface area contributed by atoms with Crippen LogP contribution in [-0.2, 0) is 11.3 Å². The number of carboxylic acid groups (broad SMARTS) is 1. The van der Waals surface area contributed by atoms with Gasteiger partial charge >= 0.3 is 5.97 Å². The number of benzene rings is 1. The minimum atomic E-state index is -1.30. The van der Waals surface area contributed by atoms with E-state index in [1.54, 1.807) is 17.1 Å². The fraction of sp³-hybridized carbons (Fsp3) is 0.471. The van der Waals surface area contributed by atoms with Crippen LogP contribution >= 0.6 is 0 Å². The van der Waals surface area contributed by atoms with Crippen molar-refractivity contribution in [3.8, 4) is 5.69 Å². The first kappa shape index (κ1) is 16.6. The Bertz CT molecular complexity index is 664. The molecule has 0 amide bonds. The molecule has 0 aliphatic heterocycles. The van der Waals surface area contributed by atoms with E-state index in [9.17, 15) is 9.18 Å². The smallest absolute Gasteiger partial charge is 0.306 e. The lowest BCUT2D eigenvalue weighted by Gasteiger charge is -2.32. The lowest BCUT2D eigenvalue weighted by atomic mass is 9.80. The molecule has 1 aliphatic rings. The molecule has 0 spiro atoms. The summed E-state index contributed by atoms with van der Waals surface area (Å²) in [6.07, 6.45) is 4.84. The molecule has 24 heavy (non-hydrogen) atoms. The van der Waals surface area contributed by atoms with E-state index in [0.717, 1.165) is 11.3 Å². The third-order valence-electron chi connectivity index (χ3n) is 4.63. The number of hydrogen-bond donors (Lipinski definition) is 2. The van der Waals surface area contributed by atoms with Gasteiger partial charge in [0.2, 0.25) is 0 Å². The highest BCUT2D eigenvalue weighted by atomic mass is 19.1. The molecule has 1 fully saturated rings. The third kappa shape index (κ3) is 3.97. The third-order valence-corrected chi connectivity index (χ3v) is 4.63. The Labute approximate surface area is 139 Å². The number of nitrogens with zero attached hydrogens (tertiary/aromatic N) is 3. The van der Waals surface area contributed by atoms with Gasteiger partial charge in [-0.1, -0.05) is 17.3 Å². The van der Waals surface area contributed by atoms with Crippen molar-refractivity contribution >= 4 is 5.97 Å². The molecule has 7 heteroatoms. The van der Waals surface area contributed by atoms with Crippen molar-refractivity contribution in [3.63, 3.8) is 0 Å². The van der Waals surface area contributed by atoms with Crippen LogP contribution in [0.4, 0.5) is 4.39 Å². The van der Waals surface area contributed by atoms with E-state index >= 15 is 0 Å². The predicted molar refractivity (Wildman–Crippen MR) is 86.5 cm³/mol. The summed E-state index contributed by atoms with van der Waals surface area (Å²) in [5, 5.41) is 19.8. The van der Waals surface area contributed by atoms with E-state index in [4.69, 9.17) is 5.11 Å². The second kappa shape index (κ2) is 7.09. The number of nitrogens with one attached hydrogen (secondary N) is 1. The zero-order valence-corrected chi connectivity index (χ0v) is 13.4. The van der Waals surface area contributed by atoms with E-state index in [0.29, 0.717) is 32.2 Å². The largest absolute Gasteiger partial charge is 0.481 e. The number of alkyl halides is 1. The van der Waals surface area contributed by atoms with Crippen LogP contribution in [-0.4, -0.2) is 38.3 Å². The Balaban J connectivity index is 1.47. The molecular formula is C17H21FN4O2. The maximum Gasteiger partial charge on any atom is 0.306 e. The molecule has 6 nitrogen and oxygen atoms in total. The Kier molecular flexibility index (Phi) is 4.89. The van der Waals surface area contributed by atoms with Gasteiger partial charge < -0.3 is 10.4 Å². The fourth-order valence-corrected chi connectivity index (χ4v) is 3.10. The average molecular weight is 332 g/mol. The highest BCUT2D eigenvalue weighted by Crippen LogP contribution is 2.34. The number of rotatable bonds is 6. The molecule has 1 saturated carbocycles. The van der Waals surface area contributed by atoms with Gasteiger partial charge in [0.1, 0.15) is 5.67 Å². The molecule has 0 unspecified atom stereocenters. The van der Waals surface area contributed by atoms with Gasteiger partial charge in [0, 0.05) is 13.1 Å². The van der Waals surface area contributed by atoms with Gasteiger partial charge in [0.25, 0.3) is 0 Å². The zero-order chi connectivity index (χ0) is 17.0. The molecule has 2 N–H and O–H groups in total. The summed E-state index contributed by atoms with van der Waals surface area (Å²) in [6, 6.07) is 7.82. The van der Waals surface area contributed by atoms with Crippen molar-refractivity contribution < 1.29 is 14.3 Å². The normalized spacial score (nSPS) is 24.0. The summed E-state index contributed by atoms with van der Waals surface area (Å²) < 4.78 is 16.4. The van der Waals surface area contributed by atoms with Gasteiger partial charge in [-0.25, -0.2) is 9.07 Å². The molecule has 2 aromatic rings. The molecule has 0 radical (unpaired) electrons. The molecule has 0 saturated heterocycles. The quantitative estimate of drug-likeness (QED) is 0.849. The minimum Gasteiger partial charge on any atom is -0.481 e. The zero-order valence-electron chi connectivity index (χ0n) is 13.4. The van der Waals surface area contributed by atoms with Gasteiger partial charge in [0.05, 0.1) is 24.0 Å². The summed E-state index contributed by atoms with van der Waals surface area (Å²) in [5.41, 5.74) is 0.680. The highest BCUT2D eigenvalue weighted by Gasteiger charge is 2.37. The second-order valence-electron chi connectivity index (χ2n) is 6.38. The fourth-order valence-electron chi connectivity index (χ4n) is 3.10. The second-order valence-corrected chi connectivity index (χ2v) is 6.38. The van der Waals surface area contributed by atoms with Crippen LogP contribution < -0.4 is 5.32 Å². The molecule has 0 atom stereocenters. The van der Waals surface area contributed by atoms with E-state index in [2.05, 4.69) is 15.6 Å². The summed E-state index contributed by atoms with van der Waals surface area (Å²) in [7, 11) is 0. The van der Waals surface area contributed by atoms with Crippen molar-refractivity contribution in [2.24, 2.45) is 5.92 Å². The molecule has 1 aromatic carbocycles. The van der Waals surface area contributed by atoms with Crippen LogP contribution in [0, 0.1) is 5.92 Å². The van der Waals surface area contributed by atoms with E-state index in [1.165, 1.54) is 0 Å². The Hall–Kier alpha value is -2.28. The van der Waals surface area contributed by atoms with Crippen molar-refractivity contribution in [1.82, 2.24) is 20.3 Å². The van der Waals surface area contributed by atoms with E-state index < -0.39 is 17.6 Å². The van der Waals surface area contributed by atoms with Crippen molar-refractivity contribution in [3.05, 3.63) is 42.2 Å². The van der Waals surface area contributed by atoms with Gasteiger partial charge in [-0.05, 0) is 43.4 Å². The van der Waals surface area contributed by atoms with E-state index in [-0.39, 0.29) is 6.54 Å². The minimum absolute atomic E-state index is 0.254. The summed E-state index contributed by atoms with van der Waals surface area (Å²) in [5.74, 6) is -1.20. The molecular weight excluding hydrogens is 311 g/mol. The van der Waals surface area contributed by atoms with Crippen LogP contribution in [0.15, 0.2) is 36.7 Å². The lowest BCUT2D eigenvalue weighted by molar-refractivity contribution is -0.143. The average Bonchev–Trinajstić information content (AvgIpc) is 3.10. The van der Waals surface area contributed by atoms with Gasteiger partial charge in [-0.3, -0.25) is 4.79 Å². The Morgan fingerprint density at radius 3 is 2.62 bits per heavy atom. The number of aromatic nitrogens is 3. The molecule has 1 heterocycles. The lowest BCUT2D eigenvalue weighted by Crippen LogP contribution is -2.40. The maximum atomic E-state index is 14.7. The molecule has 1 aromatic heterocycles. The first-order valence-electron chi connectivity index (χ1n) is 8.14. The van der Waals surface area contributed by atoms with Gasteiger partial charge in [-0.2, -0.15) is 0 Å². The first-order valence-corrected chi connectivity index (χ1v) is 8.14. The molecule has 3 rings (SSSR count).